The number of ether oxygens (including phenoxy) is 2. The number of carbonyl (C=O) groups excluding carboxylic acids is 2. The molecule has 3 aromatic rings. The molecule has 0 radical (unpaired) electrons. The first kappa shape index (κ1) is 34.4. The summed E-state index contributed by atoms with van der Waals surface area (Å²) in [5, 5.41) is -0.00976. The summed E-state index contributed by atoms with van der Waals surface area (Å²) in [6, 6.07) is 2.91. The number of nitrogens with one attached hydrogen (secondary N) is 1. The van der Waals surface area contributed by atoms with Crippen molar-refractivity contribution in [1.82, 2.24) is 20.2 Å². The maximum absolute atomic E-state index is 15.0. The second-order valence-electron chi connectivity index (χ2n) is 9.37. The van der Waals surface area contributed by atoms with E-state index in [1.807, 2.05) is 0 Å². The van der Waals surface area contributed by atoms with Crippen LogP contribution in [0.5, 0.6) is 0 Å². The van der Waals surface area contributed by atoms with Gasteiger partial charge in [0.25, 0.3) is 5.91 Å². The third-order valence-corrected chi connectivity index (χ3v) is 8.11. The first-order valence-corrected chi connectivity index (χ1v) is 14.1. The van der Waals surface area contributed by atoms with Crippen LogP contribution in [0.1, 0.15) is 45.0 Å². The molecule has 0 bridgehead atoms. The lowest BCUT2D eigenvalue weighted by atomic mass is 10.00. The Hall–Kier alpha value is -4.09. The molecule has 0 aliphatic rings. The molecule has 0 fully saturated rings. The Labute approximate surface area is 247 Å². The molecule has 1 N–H and O–H groups in total. The quantitative estimate of drug-likeness (QED) is 0.142. The average Bonchev–Trinajstić information content (AvgIpc) is 2.95. The molecule has 17 heteroatoms. The molecular formula is C27H26F6N4O6S. The summed E-state index contributed by atoms with van der Waals surface area (Å²) < 4.78 is 121. The Balaban J connectivity index is 2.01. The Morgan fingerprint density at radius 1 is 1.02 bits per heavy atom. The highest BCUT2D eigenvalue weighted by Gasteiger charge is 2.39. The number of nitrogens with zero attached hydrogens (tertiary/aromatic N) is 3. The summed E-state index contributed by atoms with van der Waals surface area (Å²) in [5.41, 5.74) is -3.45. The van der Waals surface area contributed by atoms with Crippen LogP contribution in [-0.2, 0) is 30.3 Å². The summed E-state index contributed by atoms with van der Waals surface area (Å²) in [6.45, 7) is 2.47. The molecule has 0 aliphatic heterocycles. The van der Waals surface area contributed by atoms with Crippen molar-refractivity contribution in [3.05, 3.63) is 88.3 Å². The molecule has 238 valence electrons. The largest absolute Gasteiger partial charge is 0.463 e. The molecular weight excluding hydrogens is 622 g/mol. The van der Waals surface area contributed by atoms with Gasteiger partial charge in [0.2, 0.25) is 6.23 Å². The van der Waals surface area contributed by atoms with E-state index in [4.69, 9.17) is 9.47 Å². The van der Waals surface area contributed by atoms with Crippen LogP contribution in [0.15, 0.2) is 47.6 Å². The number of benzene rings is 1. The Morgan fingerprint density at radius 3 is 2.23 bits per heavy atom. The Bertz CT molecular complexity index is 1630. The summed E-state index contributed by atoms with van der Waals surface area (Å²) in [5.74, 6) is -6.47. The first-order valence-electron chi connectivity index (χ1n) is 12.6. The van der Waals surface area contributed by atoms with Gasteiger partial charge < -0.3 is 14.8 Å². The van der Waals surface area contributed by atoms with E-state index in [9.17, 15) is 44.3 Å². The van der Waals surface area contributed by atoms with E-state index in [0.717, 1.165) is 12.3 Å². The first-order chi connectivity index (χ1) is 20.5. The topological polar surface area (TPSA) is 128 Å². The standard InChI is InChI=1S/C27H26F6N4O6S/c1-5-42-26(39)25(37(3)4)43-13-36-24(38)19-10-14(2)16(12-34-19)23(21-17(28)7-8-18(29)22(21)30)44(40,41)15-6-9-20(35-11-15)27(31,32)33/h6-12,23,25H,5,13H2,1-4H3,(H,36,38)/t23?,25-/m0/s1. The molecule has 0 saturated carbocycles. The minimum atomic E-state index is -5.02. The molecule has 0 spiro atoms. The highest BCUT2D eigenvalue weighted by Crippen LogP contribution is 2.40. The van der Waals surface area contributed by atoms with Gasteiger partial charge >= 0.3 is 12.1 Å². The number of aryl methyl sites for hydroxylation is 1. The maximum atomic E-state index is 15.0. The number of aromatic nitrogens is 2. The molecule has 3 rings (SSSR count). The van der Waals surface area contributed by atoms with E-state index in [1.54, 1.807) is 6.92 Å². The van der Waals surface area contributed by atoms with Crippen molar-refractivity contribution >= 4 is 21.7 Å². The molecule has 2 aromatic heterocycles. The van der Waals surface area contributed by atoms with Gasteiger partial charge in [0.05, 0.1) is 11.5 Å². The van der Waals surface area contributed by atoms with E-state index in [1.165, 1.54) is 25.9 Å². The van der Waals surface area contributed by atoms with Crippen LogP contribution in [-0.4, -0.2) is 68.8 Å². The number of esters is 1. The second kappa shape index (κ2) is 13.7. The van der Waals surface area contributed by atoms with Gasteiger partial charge in [-0.1, -0.05) is 0 Å². The van der Waals surface area contributed by atoms with E-state index in [-0.39, 0.29) is 17.9 Å². The lowest BCUT2D eigenvalue weighted by Gasteiger charge is -2.23. The van der Waals surface area contributed by atoms with Gasteiger partial charge in [0, 0.05) is 18.0 Å². The number of likely N-dealkylation sites (N-methyl/N-ethyl adjacent to an activating group) is 1. The molecule has 44 heavy (non-hydrogen) atoms. The van der Waals surface area contributed by atoms with Gasteiger partial charge in [-0.3, -0.25) is 19.7 Å². The molecule has 10 nitrogen and oxygen atoms in total. The van der Waals surface area contributed by atoms with Gasteiger partial charge in [-0.15, -0.1) is 0 Å². The molecule has 1 aromatic carbocycles. The highest BCUT2D eigenvalue weighted by molar-refractivity contribution is 7.91. The van der Waals surface area contributed by atoms with E-state index >= 15 is 0 Å². The van der Waals surface area contributed by atoms with Crippen molar-refractivity contribution in [2.75, 3.05) is 27.4 Å². The summed E-state index contributed by atoms with van der Waals surface area (Å²) in [7, 11) is -1.96. The van der Waals surface area contributed by atoms with Crippen LogP contribution in [0, 0.1) is 24.4 Å². The van der Waals surface area contributed by atoms with E-state index in [0.29, 0.717) is 30.5 Å². The van der Waals surface area contributed by atoms with Crippen molar-refractivity contribution in [2.24, 2.45) is 0 Å². The number of hydrogen-bond donors (Lipinski definition) is 1. The van der Waals surface area contributed by atoms with Crippen molar-refractivity contribution < 1.29 is 53.8 Å². The fourth-order valence-electron chi connectivity index (χ4n) is 4.00. The highest BCUT2D eigenvalue weighted by atomic mass is 32.2. The predicted molar refractivity (Wildman–Crippen MR) is 141 cm³/mol. The average molecular weight is 649 g/mol. The van der Waals surface area contributed by atoms with Gasteiger partial charge in [0.15, 0.2) is 21.5 Å². The molecule has 1 unspecified atom stereocenters. The SMILES string of the molecule is CCOC(=O)[C@H](OCNC(=O)c1cc(C)c(C(c2c(F)ccc(F)c2F)S(=O)(=O)c2ccc(C(F)(F)F)nc2)cn1)N(C)C. The minimum Gasteiger partial charge on any atom is -0.463 e. The van der Waals surface area contributed by atoms with Crippen LogP contribution < -0.4 is 5.32 Å². The van der Waals surface area contributed by atoms with Crippen LogP contribution in [0.2, 0.25) is 0 Å². The fourth-order valence-corrected chi connectivity index (χ4v) is 5.83. The number of halogens is 6. The number of pyridine rings is 2. The zero-order chi connectivity index (χ0) is 33.0. The predicted octanol–water partition coefficient (Wildman–Crippen LogP) is 3.94. The summed E-state index contributed by atoms with van der Waals surface area (Å²) in [6.07, 6.45) is -4.89. The van der Waals surface area contributed by atoms with Gasteiger partial charge in [0.1, 0.15) is 29.2 Å². The van der Waals surface area contributed by atoms with Crippen LogP contribution >= 0.6 is 0 Å². The van der Waals surface area contributed by atoms with Crippen LogP contribution in [0.25, 0.3) is 0 Å². The second-order valence-corrected chi connectivity index (χ2v) is 11.4. The molecule has 2 atom stereocenters. The number of carbonyl (C=O) groups is 2. The summed E-state index contributed by atoms with van der Waals surface area (Å²) >= 11 is 0. The summed E-state index contributed by atoms with van der Waals surface area (Å²) in [4.78, 5) is 32.2. The van der Waals surface area contributed by atoms with Gasteiger partial charge in [-0.25, -0.2) is 26.4 Å². The number of amides is 1. The lowest BCUT2D eigenvalue weighted by molar-refractivity contribution is -0.168. The van der Waals surface area contributed by atoms with E-state index < -0.39 is 85.3 Å². The Kier molecular flexibility index (Phi) is 10.7. The van der Waals surface area contributed by atoms with Crippen LogP contribution in [0.3, 0.4) is 0 Å². The smallest absolute Gasteiger partial charge is 0.433 e. The zero-order valence-corrected chi connectivity index (χ0v) is 24.4. The van der Waals surface area contributed by atoms with Gasteiger partial charge in [-0.2, -0.15) is 13.2 Å². The van der Waals surface area contributed by atoms with Gasteiger partial charge in [-0.05, 0) is 69.4 Å². The normalized spacial score (nSPS) is 13.4. The van der Waals surface area contributed by atoms with Crippen LogP contribution in [0.4, 0.5) is 26.3 Å². The molecule has 1 amide bonds. The van der Waals surface area contributed by atoms with Crippen molar-refractivity contribution in [3.8, 4) is 0 Å². The lowest BCUT2D eigenvalue weighted by Crippen LogP contribution is -2.42. The zero-order valence-electron chi connectivity index (χ0n) is 23.6. The van der Waals surface area contributed by atoms with Crippen molar-refractivity contribution in [2.45, 2.75) is 36.4 Å². The van der Waals surface area contributed by atoms with E-state index in [2.05, 4.69) is 15.3 Å². The third-order valence-electron chi connectivity index (χ3n) is 6.10. The maximum Gasteiger partial charge on any atom is 0.433 e. The number of alkyl halides is 3. The monoisotopic (exact) mass is 648 g/mol. The van der Waals surface area contributed by atoms with Crippen molar-refractivity contribution in [3.63, 3.8) is 0 Å². The number of sulfone groups is 1. The molecule has 0 aliphatic carbocycles. The van der Waals surface area contributed by atoms with Crippen molar-refractivity contribution in [1.29, 1.82) is 0 Å². The molecule has 2 heterocycles. The third kappa shape index (κ3) is 7.51. The molecule has 0 saturated heterocycles. The fraction of sp³-hybridized carbons (Fsp3) is 0.333. The number of rotatable bonds is 11. The Morgan fingerprint density at radius 2 is 1.68 bits per heavy atom. The minimum absolute atomic E-state index is 0.0553. The number of hydrogen-bond acceptors (Lipinski definition) is 9.